The number of H-pyrrole nitrogens is 1. The average Bonchev–Trinajstić information content (AvgIpc) is 3.41. The van der Waals surface area contributed by atoms with Crippen LogP contribution in [0.5, 0.6) is 0 Å². The van der Waals surface area contributed by atoms with E-state index in [1.54, 1.807) is 41.0 Å². The summed E-state index contributed by atoms with van der Waals surface area (Å²) in [5.41, 5.74) is 4.29. The summed E-state index contributed by atoms with van der Waals surface area (Å²) in [4.78, 5) is 6.03. The predicted octanol–water partition coefficient (Wildman–Crippen LogP) is 0.700. The van der Waals surface area contributed by atoms with E-state index in [4.69, 9.17) is 10.8 Å². The number of thiazole rings is 1. The average molecular weight is 383 g/mol. The first kappa shape index (κ1) is 16.0. The van der Waals surface area contributed by atoms with Crippen LogP contribution in [-0.2, 0) is 20.0 Å². The van der Waals surface area contributed by atoms with E-state index >= 15 is 0 Å². The van der Waals surface area contributed by atoms with Crippen LogP contribution in [0.25, 0.3) is 10.3 Å². The third kappa shape index (κ3) is 2.51. The number of aliphatic hydroxyl groups excluding tert-OH is 1. The van der Waals surface area contributed by atoms with Gasteiger partial charge in [-0.25, -0.2) is 4.98 Å². The Hall–Kier alpha value is -3.18. The van der Waals surface area contributed by atoms with Crippen molar-refractivity contribution in [1.29, 1.82) is 0 Å². The Morgan fingerprint density at radius 3 is 2.96 bits per heavy atom. The number of fused-ring (bicyclic) bond motifs is 3. The maximum atomic E-state index is 10.9. The van der Waals surface area contributed by atoms with E-state index in [9.17, 15) is 5.11 Å². The van der Waals surface area contributed by atoms with Crippen molar-refractivity contribution >= 4 is 27.9 Å². The second-order valence-electron chi connectivity index (χ2n) is 6.36. The first-order valence-corrected chi connectivity index (χ1v) is 9.16. The normalized spacial score (nSPS) is 16.4. The smallest absolute Gasteiger partial charge is 0.184 e. The molecular weight excluding hydrogens is 366 g/mol. The van der Waals surface area contributed by atoms with Gasteiger partial charge in [0, 0.05) is 30.9 Å². The highest BCUT2D eigenvalue weighted by molar-refractivity contribution is 7.19. The Morgan fingerprint density at radius 1 is 1.33 bits per heavy atom. The molecule has 1 atom stereocenters. The first-order valence-electron chi connectivity index (χ1n) is 8.34. The fourth-order valence-corrected chi connectivity index (χ4v) is 4.46. The Labute approximate surface area is 157 Å². The van der Waals surface area contributed by atoms with Gasteiger partial charge in [-0.3, -0.25) is 10.1 Å². The molecule has 0 aromatic carbocycles. The highest BCUT2D eigenvalue weighted by atomic mass is 32.1. The number of aromatic nitrogens is 6. The zero-order valence-corrected chi connectivity index (χ0v) is 15.3. The van der Waals surface area contributed by atoms with Gasteiger partial charge in [-0.15, -0.1) is 11.3 Å². The number of nitrogen functional groups attached to an aromatic ring is 1. The molecule has 0 aliphatic carbocycles. The van der Waals surface area contributed by atoms with Crippen molar-refractivity contribution in [3.63, 3.8) is 0 Å². The van der Waals surface area contributed by atoms with Gasteiger partial charge in [0.2, 0.25) is 0 Å². The molecule has 0 saturated heterocycles. The van der Waals surface area contributed by atoms with E-state index in [-0.39, 0.29) is 0 Å². The summed E-state index contributed by atoms with van der Waals surface area (Å²) in [6.07, 6.45) is 4.93. The lowest BCUT2D eigenvalue weighted by molar-refractivity contribution is -0.0112. The number of hydrogen-bond donors (Lipinski definition) is 3. The van der Waals surface area contributed by atoms with Crippen LogP contribution in [0.1, 0.15) is 33.9 Å². The molecule has 1 aliphatic rings. The SMILES string of the molecule is Cn1c2c(c3sc(Cc4ccn[nH]4)nc31)C=NN(Cc1ccnn1N)C2O. The van der Waals surface area contributed by atoms with Crippen molar-refractivity contribution in [2.24, 2.45) is 12.1 Å². The number of aromatic amines is 1. The molecule has 4 aromatic heterocycles. The third-order valence-electron chi connectivity index (χ3n) is 4.69. The molecule has 11 heteroatoms. The maximum Gasteiger partial charge on any atom is 0.184 e. The molecule has 0 spiro atoms. The number of hydrazone groups is 1. The number of hydrogen-bond acceptors (Lipinski definition) is 8. The minimum absolute atomic E-state index is 0.352. The van der Waals surface area contributed by atoms with Crippen LogP contribution in [0, 0.1) is 0 Å². The Morgan fingerprint density at radius 2 is 2.22 bits per heavy atom. The minimum atomic E-state index is -0.887. The van der Waals surface area contributed by atoms with Gasteiger partial charge in [0.05, 0.1) is 35.0 Å². The Kier molecular flexibility index (Phi) is 3.52. The molecule has 0 amide bonds. The van der Waals surface area contributed by atoms with Crippen molar-refractivity contribution in [3.8, 4) is 0 Å². The summed E-state index contributed by atoms with van der Waals surface area (Å²) in [7, 11) is 1.91. The molecule has 0 fully saturated rings. The molecule has 0 bridgehead atoms. The molecule has 1 aliphatic heterocycles. The molecule has 27 heavy (non-hydrogen) atoms. The number of nitrogens with one attached hydrogen (secondary N) is 1. The number of rotatable bonds is 4. The van der Waals surface area contributed by atoms with Crippen molar-refractivity contribution < 1.29 is 5.11 Å². The fraction of sp³-hybridized carbons (Fsp3) is 0.250. The quantitative estimate of drug-likeness (QED) is 0.445. The van der Waals surface area contributed by atoms with Gasteiger partial charge in [-0.1, -0.05) is 0 Å². The zero-order chi connectivity index (χ0) is 18.5. The Bertz CT molecular complexity index is 1140. The van der Waals surface area contributed by atoms with Gasteiger partial charge in [-0.05, 0) is 12.1 Å². The van der Waals surface area contributed by atoms with Crippen LogP contribution in [0.4, 0.5) is 0 Å². The first-order chi connectivity index (χ1) is 13.1. The van der Waals surface area contributed by atoms with Crippen LogP contribution in [0.2, 0.25) is 0 Å². The highest BCUT2D eigenvalue weighted by Gasteiger charge is 2.30. The molecule has 4 aromatic rings. The van der Waals surface area contributed by atoms with Crippen molar-refractivity contribution in [2.75, 3.05) is 5.84 Å². The lowest BCUT2D eigenvalue weighted by Crippen LogP contribution is -2.30. The van der Waals surface area contributed by atoms with E-state index in [2.05, 4.69) is 20.4 Å². The van der Waals surface area contributed by atoms with Crippen LogP contribution < -0.4 is 5.84 Å². The molecule has 10 nitrogen and oxygen atoms in total. The van der Waals surface area contributed by atoms with E-state index in [0.717, 1.165) is 38.0 Å². The molecule has 0 radical (unpaired) electrons. The molecule has 1 unspecified atom stereocenters. The van der Waals surface area contributed by atoms with Crippen LogP contribution in [0.3, 0.4) is 0 Å². The zero-order valence-electron chi connectivity index (χ0n) is 14.4. The number of nitrogens with zero attached hydrogens (tertiary/aromatic N) is 7. The molecule has 0 saturated carbocycles. The summed E-state index contributed by atoms with van der Waals surface area (Å²) in [5, 5.41) is 28.7. The van der Waals surface area contributed by atoms with Crippen LogP contribution >= 0.6 is 11.3 Å². The largest absolute Gasteiger partial charge is 0.367 e. The van der Waals surface area contributed by atoms with Gasteiger partial charge >= 0.3 is 0 Å². The summed E-state index contributed by atoms with van der Waals surface area (Å²) in [5.74, 6) is 5.77. The third-order valence-corrected chi connectivity index (χ3v) is 5.77. The van der Waals surface area contributed by atoms with E-state index < -0.39 is 6.23 Å². The summed E-state index contributed by atoms with van der Waals surface area (Å²) in [6.45, 7) is 0.352. The van der Waals surface area contributed by atoms with Gasteiger partial charge in [-0.2, -0.15) is 20.1 Å². The van der Waals surface area contributed by atoms with Crippen LogP contribution in [0.15, 0.2) is 29.6 Å². The second-order valence-corrected chi connectivity index (χ2v) is 7.44. The Balaban J connectivity index is 1.49. The molecule has 4 N–H and O–H groups in total. The molecule has 5 rings (SSSR count). The maximum absolute atomic E-state index is 10.9. The minimum Gasteiger partial charge on any atom is -0.367 e. The van der Waals surface area contributed by atoms with E-state index in [1.807, 2.05) is 17.7 Å². The highest BCUT2D eigenvalue weighted by Crippen LogP contribution is 2.36. The molecule has 138 valence electrons. The standard InChI is InChI=1S/C16H17N9OS/c1-23-13-11(7-20-24(16(13)26)8-10-3-5-19-25(10)17)14-15(23)21-12(27-14)6-9-2-4-18-22-9/h2-5,7,16,26H,6,8,17H2,1H3,(H,18,22). The fourth-order valence-electron chi connectivity index (χ4n) is 3.32. The predicted molar refractivity (Wildman–Crippen MR) is 100 cm³/mol. The van der Waals surface area contributed by atoms with Gasteiger partial charge in [0.1, 0.15) is 5.01 Å². The molecular formula is C16H17N9OS. The van der Waals surface area contributed by atoms with Gasteiger partial charge in [0.15, 0.2) is 11.9 Å². The number of aliphatic hydroxyl groups is 1. The van der Waals surface area contributed by atoms with E-state index in [0.29, 0.717) is 13.0 Å². The summed E-state index contributed by atoms with van der Waals surface area (Å²) in [6, 6.07) is 3.73. The lowest BCUT2D eigenvalue weighted by Gasteiger charge is -2.28. The topological polar surface area (TPSA) is 126 Å². The monoisotopic (exact) mass is 383 g/mol. The number of aryl methyl sites for hydroxylation is 1. The lowest BCUT2D eigenvalue weighted by atomic mass is 10.2. The van der Waals surface area contributed by atoms with Crippen molar-refractivity contribution in [1.82, 2.24) is 34.6 Å². The second kappa shape index (κ2) is 5.93. The van der Waals surface area contributed by atoms with Gasteiger partial charge in [0.25, 0.3) is 0 Å². The van der Waals surface area contributed by atoms with Crippen molar-refractivity contribution in [2.45, 2.75) is 19.2 Å². The summed E-state index contributed by atoms with van der Waals surface area (Å²) >= 11 is 1.61. The van der Waals surface area contributed by atoms with Crippen molar-refractivity contribution in [3.05, 3.63) is 52.2 Å². The number of nitrogens with two attached hydrogens (primary N) is 1. The van der Waals surface area contributed by atoms with Gasteiger partial charge < -0.3 is 15.5 Å². The molecule has 5 heterocycles. The summed E-state index contributed by atoms with van der Waals surface area (Å²) < 4.78 is 2.95. The van der Waals surface area contributed by atoms with Crippen LogP contribution in [-0.4, -0.2) is 46.0 Å². The van der Waals surface area contributed by atoms with E-state index in [1.165, 1.54) is 4.79 Å².